The third-order valence-electron chi connectivity index (χ3n) is 19.8. The van der Waals surface area contributed by atoms with Crippen LogP contribution in [-0.4, -0.2) is 184 Å². The molecule has 3 fully saturated rings. The first kappa shape index (κ1) is 79.2. The Hall–Kier alpha value is -7.37. The summed E-state index contributed by atoms with van der Waals surface area (Å²) in [6.45, 7) is 18.1. The predicted molar refractivity (Wildman–Crippen MR) is 402 cm³/mol. The molecular weight excluding hydrogens is 1430 g/mol. The van der Waals surface area contributed by atoms with Crippen LogP contribution in [0.4, 0.5) is 24.5 Å². The topological polar surface area (TPSA) is 251 Å². The molecule has 104 heavy (non-hydrogen) atoms. The number of rotatable bonds is 28. The fourth-order valence-electron chi connectivity index (χ4n) is 13.8. The molecule has 0 spiro atoms. The highest BCUT2D eigenvalue weighted by Gasteiger charge is 2.49. The molecule has 5 aromatic carbocycles. The Labute approximate surface area is 621 Å². The Morgan fingerprint density at radius 2 is 1.46 bits per heavy atom. The van der Waals surface area contributed by atoms with E-state index < -0.39 is 88.2 Å². The van der Waals surface area contributed by atoms with Gasteiger partial charge in [-0.3, -0.25) is 33.8 Å². The van der Waals surface area contributed by atoms with Gasteiger partial charge >= 0.3 is 5.51 Å². The lowest BCUT2D eigenvalue weighted by Crippen LogP contribution is -2.57. The zero-order valence-electron chi connectivity index (χ0n) is 59.6. The standard InChI is InChI=1S/C76H94ClF3N10O10S4/c1-51-69(102-50-82-51)54-19-17-52(18-20-54)46-81-72(95)65-43-60(91)48-90(65)73(96)70(74(2,3)4)84-67(92)15-11-8-12-16-68(93)89-41-35-86(36-42-89)34-32-58(49-101-61-13-9-7-10-14-61)83-64-30-29-62(44-66(64)103(97,98)76(78,79)80)104(99,100)85-71(94)55-23-27-59(28-24-55)88-39-37-87(38-40-88)47-56-45-75(5,6)33-31-63(56)53-21-25-57(77)26-22-53/h7,9-10,13-14,17-30,44,50,58,60,65,70,83,91H,8,11-12,15-16,31-43,45-49H2,1-6H3,(H,81,95)(H,84,92)(H,85,94)/t58-,60-,65+,70-/m1/s1. The van der Waals surface area contributed by atoms with Gasteiger partial charge in [0.15, 0.2) is 0 Å². The van der Waals surface area contributed by atoms with Crippen LogP contribution in [0.15, 0.2) is 147 Å². The third kappa shape index (κ3) is 20.8. The number of β-amino-alcohol motifs (C(OH)–C–C–N with tert-alkyl or cyclic N) is 1. The van der Waals surface area contributed by atoms with Crippen LogP contribution in [0.25, 0.3) is 16.0 Å². The van der Waals surface area contributed by atoms with E-state index in [1.54, 1.807) is 33.9 Å². The van der Waals surface area contributed by atoms with Crippen LogP contribution in [0.3, 0.4) is 0 Å². The van der Waals surface area contributed by atoms with Gasteiger partial charge in [-0.2, -0.15) is 13.2 Å². The molecular formula is C76H94ClF3N10O10S4. The van der Waals surface area contributed by atoms with Gasteiger partial charge in [-0.1, -0.05) is 113 Å². The van der Waals surface area contributed by atoms with Crippen molar-refractivity contribution in [2.24, 2.45) is 10.8 Å². The van der Waals surface area contributed by atoms with Crippen LogP contribution in [0.5, 0.6) is 0 Å². The number of anilines is 2. The summed E-state index contributed by atoms with van der Waals surface area (Å²) in [5.74, 6) is -2.10. The van der Waals surface area contributed by atoms with Gasteiger partial charge in [0.2, 0.25) is 23.6 Å². The molecule has 6 aromatic rings. The number of sulfonamides is 1. The molecule has 0 saturated carbocycles. The van der Waals surface area contributed by atoms with Crippen molar-refractivity contribution in [3.8, 4) is 10.4 Å². The largest absolute Gasteiger partial charge is 0.501 e. The average Bonchev–Trinajstić information content (AvgIpc) is 1.02. The number of hydrogen-bond donors (Lipinski definition) is 5. The van der Waals surface area contributed by atoms with Crippen molar-refractivity contribution in [2.75, 3.05) is 88.0 Å². The van der Waals surface area contributed by atoms with Gasteiger partial charge in [0.05, 0.1) is 32.8 Å². The Bertz CT molecular complexity index is 4260. The molecule has 560 valence electrons. The normalized spacial score (nSPS) is 18.4. The number of aromatic nitrogens is 1. The van der Waals surface area contributed by atoms with E-state index in [-0.39, 0.29) is 60.9 Å². The number of benzene rings is 5. The Balaban J connectivity index is 0.688. The number of hydrogen-bond acceptors (Lipinski definition) is 17. The molecule has 4 atom stereocenters. The smallest absolute Gasteiger partial charge is 0.391 e. The molecule has 1 aromatic heterocycles. The number of piperazine rings is 2. The van der Waals surface area contributed by atoms with Gasteiger partial charge in [0, 0.05) is 131 Å². The summed E-state index contributed by atoms with van der Waals surface area (Å²) < 4.78 is 100. The number of sulfone groups is 1. The van der Waals surface area contributed by atoms with Crippen molar-refractivity contribution in [2.45, 2.75) is 157 Å². The van der Waals surface area contributed by atoms with Crippen molar-refractivity contribution in [3.63, 3.8) is 0 Å². The number of thioether (sulfide) groups is 1. The molecule has 4 heterocycles. The van der Waals surface area contributed by atoms with Crippen LogP contribution in [-0.2, 0) is 45.6 Å². The number of halogens is 4. The van der Waals surface area contributed by atoms with E-state index in [9.17, 15) is 59.1 Å². The molecule has 5 amide bonds. The van der Waals surface area contributed by atoms with E-state index in [0.29, 0.717) is 82.6 Å². The van der Waals surface area contributed by atoms with E-state index in [2.05, 4.69) is 61.6 Å². The lowest BCUT2D eigenvalue weighted by atomic mass is 9.73. The number of carbonyl (C=O) groups is 5. The van der Waals surface area contributed by atoms with Crippen molar-refractivity contribution < 1.29 is 59.1 Å². The van der Waals surface area contributed by atoms with E-state index in [4.69, 9.17) is 11.6 Å². The Kier molecular flexibility index (Phi) is 26.2. The molecule has 1 aliphatic carbocycles. The minimum Gasteiger partial charge on any atom is -0.391 e. The number of nitrogens with one attached hydrogen (secondary N) is 4. The van der Waals surface area contributed by atoms with E-state index in [1.807, 2.05) is 99.1 Å². The highest BCUT2D eigenvalue weighted by atomic mass is 35.5. The van der Waals surface area contributed by atoms with Crippen LogP contribution in [0.1, 0.15) is 126 Å². The second-order valence-electron chi connectivity index (χ2n) is 29.3. The van der Waals surface area contributed by atoms with Crippen LogP contribution >= 0.6 is 34.7 Å². The first-order valence-electron chi connectivity index (χ1n) is 35.4. The molecule has 0 radical (unpaired) electrons. The Morgan fingerprint density at radius 3 is 2.12 bits per heavy atom. The second-order valence-corrected chi connectivity index (χ2v) is 35.2. The molecule has 4 aliphatic rings. The maximum absolute atomic E-state index is 14.6. The molecule has 20 nitrogen and oxygen atoms in total. The fraction of sp³-hybridized carbons (Fsp3) is 0.474. The van der Waals surface area contributed by atoms with Crippen LogP contribution < -0.4 is 25.6 Å². The van der Waals surface area contributed by atoms with E-state index in [1.165, 1.54) is 45.5 Å². The first-order chi connectivity index (χ1) is 49.3. The number of nitrogens with zero attached hydrogens (tertiary/aromatic N) is 6. The van der Waals surface area contributed by atoms with E-state index in [0.717, 1.165) is 83.3 Å². The highest BCUT2D eigenvalue weighted by molar-refractivity contribution is 7.99. The summed E-state index contributed by atoms with van der Waals surface area (Å²) in [6, 6.07) is 31.1. The van der Waals surface area contributed by atoms with Gasteiger partial charge in [-0.05, 0) is 145 Å². The number of likely N-dealkylation sites (tertiary alicyclic amines) is 1. The average molecular weight is 1530 g/mol. The fourth-order valence-corrected chi connectivity index (χ4v) is 17.8. The van der Waals surface area contributed by atoms with Gasteiger partial charge in [0.25, 0.3) is 25.8 Å². The van der Waals surface area contributed by atoms with Crippen molar-refractivity contribution in [1.82, 2.24) is 39.9 Å². The molecule has 0 unspecified atom stereocenters. The van der Waals surface area contributed by atoms with E-state index >= 15 is 0 Å². The summed E-state index contributed by atoms with van der Waals surface area (Å²) in [5, 5.41) is 20.2. The number of aryl methyl sites for hydroxylation is 1. The molecule has 5 N–H and O–H groups in total. The molecule has 3 saturated heterocycles. The highest BCUT2D eigenvalue weighted by Crippen LogP contribution is 2.44. The summed E-state index contributed by atoms with van der Waals surface area (Å²) in [7, 11) is -11.1. The van der Waals surface area contributed by atoms with Crippen molar-refractivity contribution >= 4 is 101 Å². The number of aliphatic hydroxyl groups excluding tert-OH is 1. The molecule has 0 bridgehead atoms. The SMILES string of the molecule is Cc1ncsc1-c1ccc(CNC(=O)[C@@H]2C[C@@H](O)CN2C(=O)[C@@H](NC(=O)CCCCCC(=O)N2CCN(CC[C@H](CSc3ccccc3)Nc3ccc(S(=O)(=O)NC(=O)c4ccc(N5CCN(CC6=C(c7ccc(Cl)cc7)CCC(C)(C)C6)CC5)cc4)cc3S(=O)(=O)C(F)(F)F)CC2)C(C)(C)C)cc1. The summed E-state index contributed by atoms with van der Waals surface area (Å²) in [4.78, 5) is 82.2. The summed E-state index contributed by atoms with van der Waals surface area (Å²) in [6.07, 6.45) is 4.36. The summed E-state index contributed by atoms with van der Waals surface area (Å²) in [5.41, 5.74) is 2.51. The van der Waals surface area contributed by atoms with Crippen molar-refractivity contribution in [1.29, 1.82) is 0 Å². The van der Waals surface area contributed by atoms with Crippen molar-refractivity contribution in [3.05, 3.63) is 160 Å². The van der Waals surface area contributed by atoms with Gasteiger partial charge in [-0.25, -0.2) is 26.5 Å². The lowest BCUT2D eigenvalue weighted by molar-refractivity contribution is -0.144. The van der Waals surface area contributed by atoms with Gasteiger partial charge in [-0.15, -0.1) is 23.1 Å². The number of amides is 5. The van der Waals surface area contributed by atoms with Crippen LogP contribution in [0, 0.1) is 17.8 Å². The minimum absolute atomic E-state index is 0.0420. The number of alkyl halides is 3. The van der Waals surface area contributed by atoms with Gasteiger partial charge in [0.1, 0.15) is 17.0 Å². The zero-order chi connectivity index (χ0) is 74.7. The zero-order valence-corrected chi connectivity index (χ0v) is 63.7. The Morgan fingerprint density at radius 1 is 0.798 bits per heavy atom. The number of carbonyl (C=O) groups excluding carboxylic acids is 5. The molecule has 3 aliphatic heterocycles. The number of thiazole rings is 1. The maximum Gasteiger partial charge on any atom is 0.501 e. The minimum atomic E-state index is -6.18. The molecule has 10 rings (SSSR count). The third-order valence-corrected chi connectivity index (χ3v) is 25.1. The molecule has 28 heteroatoms. The second kappa shape index (κ2) is 34.5. The number of unbranched alkanes of at least 4 members (excludes halogenated alkanes) is 2. The maximum atomic E-state index is 14.6. The predicted octanol–water partition coefficient (Wildman–Crippen LogP) is 11.8. The quantitative estimate of drug-likeness (QED) is 0.0226. The summed E-state index contributed by atoms with van der Waals surface area (Å²) >= 11 is 9.16. The monoisotopic (exact) mass is 1530 g/mol. The lowest BCUT2D eigenvalue weighted by Gasteiger charge is -2.39. The van der Waals surface area contributed by atoms with Gasteiger partial charge < -0.3 is 35.8 Å². The number of aliphatic hydroxyl groups is 1. The number of allylic oxidation sites excluding steroid dienone is 1. The van der Waals surface area contributed by atoms with Crippen LogP contribution in [0.2, 0.25) is 5.02 Å². The first-order valence-corrected chi connectivity index (χ1v) is 40.6.